The molecule has 2 amide bonds. The number of aliphatic hydroxyl groups is 2. The van der Waals surface area contributed by atoms with Gasteiger partial charge in [-0.05, 0) is 69.8 Å². The van der Waals surface area contributed by atoms with Crippen LogP contribution in [0.5, 0.6) is 0 Å². The third-order valence-corrected chi connectivity index (χ3v) is 9.80. The smallest absolute Gasteiger partial charge is 0.269 e. The van der Waals surface area contributed by atoms with E-state index in [1.807, 2.05) is 0 Å². The Balaban J connectivity index is 1.21. The highest BCUT2D eigenvalue weighted by Crippen LogP contribution is 2.47. The van der Waals surface area contributed by atoms with Gasteiger partial charge in [-0.25, -0.2) is 0 Å². The quantitative estimate of drug-likeness (QED) is 0.275. The SMILES string of the molecule is COC1=C(Br)C(O)C2(C=C1Br)CN=C(C(=O)NCC(=O)CCNC(=O)C1=NOC3(C=C(Br)C(OC)=C(Br)C3O)C1)C2. The lowest BCUT2D eigenvalue weighted by molar-refractivity contribution is -0.122. The number of aliphatic imine (C=N–C) groups is 1. The number of allylic oxidation sites excluding steroid dienone is 2. The third kappa shape index (κ3) is 6.27. The standard InChI is InChI=1S/C25H26Br4N4O8/c1-39-18-12(26)5-24(20(35)16(18)28)7-14(32-10-24)22(37)31-9-11(34)3-4-30-23(38)15-8-25(41-33-15)6-13(27)19(40-2)17(29)21(25)36/h5-6,20-21,35-36H,3-4,7-10H2,1-2H3,(H,30,38)(H,31,37). The summed E-state index contributed by atoms with van der Waals surface area (Å²) in [5.74, 6) is -0.482. The summed E-state index contributed by atoms with van der Waals surface area (Å²) in [6.45, 7) is -0.0471. The van der Waals surface area contributed by atoms with E-state index in [1.54, 1.807) is 12.2 Å². The highest BCUT2D eigenvalue weighted by atomic mass is 79.9. The number of Topliss-reactive ketones (excluding diaryl/α,β-unsaturated/α-hetero) is 1. The molecular weight excluding hydrogens is 804 g/mol. The second-order valence-electron chi connectivity index (χ2n) is 9.71. The fraction of sp³-hybridized carbons (Fsp3) is 0.480. The Morgan fingerprint density at radius 2 is 1.56 bits per heavy atom. The normalized spacial score (nSPS) is 29.1. The molecule has 0 aromatic carbocycles. The first-order valence-corrected chi connectivity index (χ1v) is 15.4. The van der Waals surface area contributed by atoms with E-state index in [1.165, 1.54) is 14.2 Å². The van der Waals surface area contributed by atoms with Crippen LogP contribution in [0.25, 0.3) is 0 Å². The van der Waals surface area contributed by atoms with Gasteiger partial charge in [-0.1, -0.05) is 11.2 Å². The monoisotopic (exact) mass is 826 g/mol. The first-order valence-electron chi connectivity index (χ1n) is 12.3. The molecule has 12 nitrogen and oxygen atoms in total. The molecule has 0 radical (unpaired) electrons. The zero-order chi connectivity index (χ0) is 30.1. The number of aliphatic hydroxyl groups excluding tert-OH is 2. The second-order valence-corrected chi connectivity index (χ2v) is 13.1. The van der Waals surface area contributed by atoms with Crippen molar-refractivity contribution < 1.29 is 38.9 Å². The first kappa shape index (κ1) is 32.1. The molecule has 2 spiro atoms. The van der Waals surface area contributed by atoms with E-state index < -0.39 is 35.0 Å². The number of rotatable bonds is 9. The lowest BCUT2D eigenvalue weighted by Gasteiger charge is -2.35. The number of hydrogen-bond acceptors (Lipinski definition) is 10. The molecule has 222 valence electrons. The Hall–Kier alpha value is -1.85. The van der Waals surface area contributed by atoms with Crippen LogP contribution in [-0.4, -0.2) is 90.9 Å². The molecule has 0 saturated carbocycles. The summed E-state index contributed by atoms with van der Waals surface area (Å²) < 4.78 is 12.5. The predicted octanol–water partition coefficient (Wildman–Crippen LogP) is 2.34. The summed E-state index contributed by atoms with van der Waals surface area (Å²) >= 11 is 13.5. The minimum absolute atomic E-state index is 0.00555. The molecule has 2 heterocycles. The maximum Gasteiger partial charge on any atom is 0.269 e. The van der Waals surface area contributed by atoms with Gasteiger partial charge in [-0.2, -0.15) is 0 Å². The van der Waals surface area contributed by atoms with E-state index >= 15 is 0 Å². The number of carbonyl (C=O) groups is 3. The molecule has 16 heteroatoms. The van der Waals surface area contributed by atoms with Gasteiger partial charge in [0.1, 0.15) is 35.1 Å². The molecular formula is C25H26Br4N4O8. The summed E-state index contributed by atoms with van der Waals surface area (Å²) in [5, 5.41) is 30.6. The van der Waals surface area contributed by atoms with Crippen molar-refractivity contribution in [3.05, 3.63) is 41.6 Å². The van der Waals surface area contributed by atoms with Crippen molar-refractivity contribution >= 4 is 92.7 Å². The van der Waals surface area contributed by atoms with Gasteiger partial charge in [-0.15, -0.1) is 0 Å². The van der Waals surface area contributed by atoms with Crippen LogP contribution in [0.4, 0.5) is 0 Å². The van der Waals surface area contributed by atoms with Crippen LogP contribution in [0.15, 0.2) is 51.7 Å². The van der Waals surface area contributed by atoms with Crippen LogP contribution in [0, 0.1) is 5.41 Å². The van der Waals surface area contributed by atoms with Gasteiger partial charge in [0.2, 0.25) is 0 Å². The Morgan fingerprint density at radius 3 is 2.22 bits per heavy atom. The van der Waals surface area contributed by atoms with Gasteiger partial charge in [0.15, 0.2) is 11.4 Å². The summed E-state index contributed by atoms with van der Waals surface area (Å²) in [6, 6.07) is 0. The Kier molecular flexibility index (Phi) is 10.0. The Labute approximate surface area is 268 Å². The van der Waals surface area contributed by atoms with Crippen molar-refractivity contribution in [1.82, 2.24) is 10.6 Å². The number of amides is 2. The van der Waals surface area contributed by atoms with Gasteiger partial charge >= 0.3 is 0 Å². The summed E-state index contributed by atoms with van der Waals surface area (Å²) in [6.07, 6.45) is 1.40. The molecule has 4 N–H and O–H groups in total. The minimum Gasteiger partial charge on any atom is -0.495 e. The summed E-state index contributed by atoms with van der Waals surface area (Å²) in [7, 11) is 2.95. The molecule has 4 rings (SSSR count). The summed E-state index contributed by atoms with van der Waals surface area (Å²) in [5.41, 5.74) is -1.82. The molecule has 4 unspecified atom stereocenters. The van der Waals surface area contributed by atoms with Crippen molar-refractivity contribution in [2.75, 3.05) is 33.9 Å². The third-order valence-electron chi connectivity index (χ3n) is 7.04. The average molecular weight is 830 g/mol. The maximum atomic E-state index is 12.7. The van der Waals surface area contributed by atoms with Crippen LogP contribution < -0.4 is 10.6 Å². The molecule has 0 fully saturated rings. The van der Waals surface area contributed by atoms with Crippen molar-refractivity contribution in [3.8, 4) is 0 Å². The zero-order valence-corrected chi connectivity index (χ0v) is 28.1. The zero-order valence-electron chi connectivity index (χ0n) is 21.8. The Bertz CT molecular complexity index is 1360. The number of nitrogens with zero attached hydrogens (tertiary/aromatic N) is 2. The van der Waals surface area contributed by atoms with Crippen molar-refractivity contribution in [2.45, 2.75) is 37.1 Å². The van der Waals surface area contributed by atoms with E-state index in [-0.39, 0.29) is 56.1 Å². The molecule has 41 heavy (non-hydrogen) atoms. The van der Waals surface area contributed by atoms with Crippen LogP contribution in [0.1, 0.15) is 19.3 Å². The van der Waals surface area contributed by atoms with Gasteiger partial charge in [0, 0.05) is 31.2 Å². The van der Waals surface area contributed by atoms with Gasteiger partial charge in [0.25, 0.3) is 11.8 Å². The van der Waals surface area contributed by atoms with E-state index in [0.717, 1.165) is 0 Å². The van der Waals surface area contributed by atoms with Crippen LogP contribution in [-0.2, 0) is 28.7 Å². The van der Waals surface area contributed by atoms with Gasteiger partial charge < -0.3 is 35.2 Å². The molecule has 4 atom stereocenters. The van der Waals surface area contributed by atoms with E-state index in [9.17, 15) is 24.6 Å². The number of ketones is 1. The molecule has 0 saturated heterocycles. The number of ether oxygens (including phenoxy) is 2. The van der Waals surface area contributed by atoms with E-state index in [0.29, 0.717) is 29.4 Å². The number of oxime groups is 1. The first-order chi connectivity index (χ1) is 19.4. The van der Waals surface area contributed by atoms with Crippen molar-refractivity contribution in [2.24, 2.45) is 15.6 Å². The lowest BCUT2D eigenvalue weighted by atomic mass is 9.76. The molecule has 0 aromatic heterocycles. The van der Waals surface area contributed by atoms with Gasteiger partial charge in [-0.3, -0.25) is 19.4 Å². The van der Waals surface area contributed by atoms with E-state index in [4.69, 9.17) is 14.3 Å². The number of nitrogens with one attached hydrogen (secondary N) is 2. The van der Waals surface area contributed by atoms with Crippen molar-refractivity contribution in [1.29, 1.82) is 0 Å². The highest BCUT2D eigenvalue weighted by Gasteiger charge is 2.51. The molecule has 2 aliphatic carbocycles. The molecule has 2 aliphatic heterocycles. The predicted molar refractivity (Wildman–Crippen MR) is 163 cm³/mol. The van der Waals surface area contributed by atoms with E-state index in [2.05, 4.69) is 84.5 Å². The van der Waals surface area contributed by atoms with Gasteiger partial charge in [0.05, 0.1) is 45.2 Å². The molecule has 0 aromatic rings. The number of methoxy groups -OCH3 is 2. The second kappa shape index (κ2) is 12.8. The van der Waals surface area contributed by atoms with Crippen LogP contribution in [0.3, 0.4) is 0 Å². The highest BCUT2D eigenvalue weighted by molar-refractivity contribution is 9.12. The number of halogens is 4. The lowest BCUT2D eigenvalue weighted by Crippen LogP contribution is -2.45. The fourth-order valence-electron chi connectivity index (χ4n) is 4.79. The van der Waals surface area contributed by atoms with Crippen LogP contribution in [0.2, 0.25) is 0 Å². The average Bonchev–Trinajstić information content (AvgIpc) is 3.56. The largest absolute Gasteiger partial charge is 0.495 e. The summed E-state index contributed by atoms with van der Waals surface area (Å²) in [4.78, 5) is 47.5. The number of hydrogen-bond donors (Lipinski definition) is 4. The van der Waals surface area contributed by atoms with Crippen LogP contribution >= 0.6 is 63.7 Å². The molecule has 4 aliphatic rings. The topological polar surface area (TPSA) is 168 Å². The number of carbonyl (C=O) groups excluding carboxylic acids is 3. The molecule has 0 bridgehead atoms. The Morgan fingerprint density at radius 1 is 0.951 bits per heavy atom. The fourth-order valence-corrected chi connectivity index (χ4v) is 8.51. The van der Waals surface area contributed by atoms with Crippen molar-refractivity contribution in [3.63, 3.8) is 0 Å². The maximum absolute atomic E-state index is 12.7. The minimum atomic E-state index is -1.29.